The highest BCUT2D eigenvalue weighted by molar-refractivity contribution is 7.10. The topological polar surface area (TPSA) is 50.0 Å². The largest absolute Gasteiger partial charge is 0.329 e. The lowest BCUT2D eigenvalue weighted by molar-refractivity contribution is -1.03. The lowest BCUT2D eigenvalue weighted by atomic mass is 10.0. The number of thiophene rings is 1. The van der Waals surface area contributed by atoms with Gasteiger partial charge in [0.05, 0.1) is 17.5 Å². The molecule has 0 saturated carbocycles. The van der Waals surface area contributed by atoms with Crippen molar-refractivity contribution in [2.24, 2.45) is 0 Å². The minimum Gasteiger partial charge on any atom is -0.329 e. The van der Waals surface area contributed by atoms with Crippen molar-refractivity contribution in [3.8, 4) is 0 Å². The van der Waals surface area contributed by atoms with Crippen LogP contribution in [-0.4, -0.2) is 44.8 Å². The molecule has 1 saturated heterocycles. The van der Waals surface area contributed by atoms with Crippen molar-refractivity contribution in [1.29, 1.82) is 0 Å². The summed E-state index contributed by atoms with van der Waals surface area (Å²) in [5, 5.41) is 8.29. The Morgan fingerprint density at radius 3 is 2.59 bits per heavy atom. The summed E-state index contributed by atoms with van der Waals surface area (Å²) in [6.45, 7) is 12.3. The van der Waals surface area contributed by atoms with Crippen molar-refractivity contribution in [2.45, 2.75) is 32.9 Å². The second-order valence-electron chi connectivity index (χ2n) is 7.51. The second-order valence-corrected chi connectivity index (χ2v) is 8.49. The molecule has 4 N–H and O–H groups in total. The van der Waals surface area contributed by atoms with Crippen LogP contribution in [-0.2, 0) is 0 Å². The van der Waals surface area contributed by atoms with Gasteiger partial charge in [-0.3, -0.25) is 0 Å². The molecule has 2 aromatic rings. The Hall–Kier alpha value is -1.89. The molecule has 1 aromatic heterocycles. The maximum Gasteiger partial charge on any atom is 0.319 e. The van der Waals surface area contributed by atoms with Gasteiger partial charge >= 0.3 is 6.03 Å². The minimum absolute atomic E-state index is 0.0617. The van der Waals surface area contributed by atoms with Crippen molar-refractivity contribution in [3.05, 3.63) is 52.2 Å². The number of anilines is 1. The highest BCUT2D eigenvalue weighted by Crippen LogP contribution is 2.20. The zero-order valence-electron chi connectivity index (χ0n) is 16.5. The van der Waals surface area contributed by atoms with Crippen LogP contribution in [0.15, 0.2) is 41.8 Å². The van der Waals surface area contributed by atoms with Gasteiger partial charge in [-0.2, -0.15) is 0 Å². The van der Waals surface area contributed by atoms with Crippen LogP contribution in [0.25, 0.3) is 0 Å². The van der Waals surface area contributed by atoms with E-state index >= 15 is 0 Å². The van der Waals surface area contributed by atoms with Gasteiger partial charge in [-0.25, -0.2) is 4.79 Å². The zero-order chi connectivity index (χ0) is 19.2. The van der Waals surface area contributed by atoms with Gasteiger partial charge in [-0.05, 0) is 49.9 Å². The Kier molecular flexibility index (Phi) is 6.88. The van der Waals surface area contributed by atoms with E-state index in [1.807, 2.05) is 31.2 Å². The van der Waals surface area contributed by atoms with Crippen LogP contribution < -0.4 is 20.4 Å². The van der Waals surface area contributed by atoms with E-state index in [-0.39, 0.29) is 12.1 Å². The average Bonchev–Trinajstić information content (AvgIpc) is 3.16. The lowest BCUT2D eigenvalue weighted by Gasteiger charge is -2.36. The number of rotatable bonds is 6. The number of benzene rings is 1. The SMILES string of the molecule is CC[NH+]1CC[NH+]([C@@H](c2cccs2)[C@H](C)NC(=O)Nc2cccc(C)c2)CC1. The molecular weight excluding hydrogens is 356 g/mol. The first-order chi connectivity index (χ1) is 13.1. The molecule has 0 radical (unpaired) electrons. The predicted octanol–water partition coefficient (Wildman–Crippen LogP) is 1.11. The summed E-state index contributed by atoms with van der Waals surface area (Å²) in [7, 11) is 0. The van der Waals surface area contributed by atoms with E-state index < -0.39 is 0 Å². The molecule has 2 amide bonds. The molecule has 146 valence electrons. The summed E-state index contributed by atoms with van der Waals surface area (Å²) in [6.07, 6.45) is 0. The molecule has 5 nitrogen and oxygen atoms in total. The molecule has 1 aliphatic rings. The molecular formula is C21H32N4OS+2. The van der Waals surface area contributed by atoms with Crippen molar-refractivity contribution in [3.63, 3.8) is 0 Å². The third kappa shape index (κ3) is 5.31. The van der Waals surface area contributed by atoms with Gasteiger partial charge in [0, 0.05) is 5.69 Å². The molecule has 0 unspecified atom stereocenters. The fourth-order valence-electron chi connectivity index (χ4n) is 4.04. The standard InChI is InChI=1S/C21H30N4OS/c1-4-24-10-12-25(13-11-24)20(19-9-6-14-27-19)17(3)22-21(26)23-18-8-5-7-16(2)15-18/h5-9,14-15,17,20H,4,10-13H2,1-3H3,(H2,22,23,26)/p+2/t17-,20+/m0/s1. The Morgan fingerprint density at radius 1 is 1.19 bits per heavy atom. The first-order valence-electron chi connectivity index (χ1n) is 9.92. The maximum atomic E-state index is 12.6. The molecule has 1 aromatic carbocycles. The number of piperazine rings is 1. The van der Waals surface area contributed by atoms with E-state index in [0.717, 1.165) is 24.3 Å². The summed E-state index contributed by atoms with van der Waals surface area (Å²) in [6, 6.07) is 12.4. The first-order valence-corrected chi connectivity index (χ1v) is 10.8. The molecule has 1 aliphatic heterocycles. The van der Waals surface area contributed by atoms with Crippen LogP contribution in [0.3, 0.4) is 0 Å². The van der Waals surface area contributed by atoms with Gasteiger partial charge in [0.15, 0.2) is 0 Å². The van der Waals surface area contributed by atoms with Crippen molar-refractivity contribution in [2.75, 3.05) is 38.0 Å². The fourth-order valence-corrected chi connectivity index (χ4v) is 5.03. The lowest BCUT2D eigenvalue weighted by Crippen LogP contribution is -3.28. The molecule has 1 fully saturated rings. The van der Waals surface area contributed by atoms with E-state index in [2.05, 4.69) is 42.0 Å². The van der Waals surface area contributed by atoms with Crippen LogP contribution in [0.2, 0.25) is 0 Å². The maximum absolute atomic E-state index is 12.6. The quantitative estimate of drug-likeness (QED) is 0.589. The molecule has 27 heavy (non-hydrogen) atoms. The minimum atomic E-state index is -0.133. The number of amides is 2. The summed E-state index contributed by atoms with van der Waals surface area (Å²) < 4.78 is 0. The van der Waals surface area contributed by atoms with Gasteiger partial charge in [0.2, 0.25) is 0 Å². The number of hydrogen-bond acceptors (Lipinski definition) is 2. The first kappa shape index (κ1) is 19.9. The number of nitrogens with one attached hydrogen (secondary N) is 4. The summed E-state index contributed by atoms with van der Waals surface area (Å²) >= 11 is 1.79. The fraction of sp³-hybridized carbons (Fsp3) is 0.476. The van der Waals surface area contributed by atoms with Gasteiger partial charge in [0.1, 0.15) is 32.2 Å². The average molecular weight is 389 g/mol. The number of carbonyl (C=O) groups is 1. The van der Waals surface area contributed by atoms with E-state index in [9.17, 15) is 4.79 Å². The van der Waals surface area contributed by atoms with Gasteiger partial charge in [-0.15, -0.1) is 11.3 Å². The van der Waals surface area contributed by atoms with Crippen LogP contribution in [0.5, 0.6) is 0 Å². The predicted molar refractivity (Wildman–Crippen MR) is 112 cm³/mol. The molecule has 6 heteroatoms. The van der Waals surface area contributed by atoms with E-state index in [0.29, 0.717) is 6.04 Å². The normalized spacial score (nSPS) is 22.0. The number of likely N-dealkylation sites (N-methyl/N-ethyl adjacent to an activating group) is 1. The smallest absolute Gasteiger partial charge is 0.319 e. The van der Waals surface area contributed by atoms with E-state index in [1.165, 1.54) is 24.5 Å². The van der Waals surface area contributed by atoms with Crippen LogP contribution in [0.1, 0.15) is 30.3 Å². The van der Waals surface area contributed by atoms with Crippen molar-refractivity contribution < 1.29 is 14.6 Å². The summed E-state index contributed by atoms with van der Waals surface area (Å²) in [5.41, 5.74) is 1.97. The van der Waals surface area contributed by atoms with Crippen LogP contribution >= 0.6 is 11.3 Å². The third-order valence-electron chi connectivity index (χ3n) is 5.52. The molecule has 0 bridgehead atoms. The third-order valence-corrected chi connectivity index (χ3v) is 6.48. The highest BCUT2D eigenvalue weighted by atomic mass is 32.1. The molecule has 0 aliphatic carbocycles. The van der Waals surface area contributed by atoms with Gasteiger partial charge < -0.3 is 20.4 Å². The van der Waals surface area contributed by atoms with Crippen molar-refractivity contribution >= 4 is 23.1 Å². The van der Waals surface area contributed by atoms with Gasteiger partial charge in [-0.1, -0.05) is 18.2 Å². The number of quaternary nitrogens is 2. The Labute approximate surface area is 166 Å². The van der Waals surface area contributed by atoms with E-state index in [1.54, 1.807) is 21.1 Å². The van der Waals surface area contributed by atoms with Crippen LogP contribution in [0.4, 0.5) is 10.5 Å². The number of urea groups is 1. The Morgan fingerprint density at radius 2 is 1.96 bits per heavy atom. The number of carbonyl (C=O) groups excluding carboxylic acids is 1. The summed E-state index contributed by atoms with van der Waals surface area (Å²) in [4.78, 5) is 17.2. The van der Waals surface area contributed by atoms with Crippen LogP contribution in [0, 0.1) is 6.92 Å². The molecule has 3 rings (SSSR count). The highest BCUT2D eigenvalue weighted by Gasteiger charge is 2.35. The molecule has 0 spiro atoms. The number of aryl methyl sites for hydroxylation is 1. The number of hydrogen-bond donors (Lipinski definition) is 4. The summed E-state index contributed by atoms with van der Waals surface area (Å²) in [5.74, 6) is 0. The monoisotopic (exact) mass is 388 g/mol. The van der Waals surface area contributed by atoms with Crippen molar-refractivity contribution in [1.82, 2.24) is 5.32 Å². The van der Waals surface area contributed by atoms with Gasteiger partial charge in [0.25, 0.3) is 0 Å². The zero-order valence-corrected chi connectivity index (χ0v) is 17.4. The molecule has 2 heterocycles. The molecule has 2 atom stereocenters. The van der Waals surface area contributed by atoms with E-state index in [4.69, 9.17) is 0 Å². The second kappa shape index (κ2) is 9.35. The Bertz CT molecular complexity index is 726. The Balaban J connectivity index is 1.66.